The summed E-state index contributed by atoms with van der Waals surface area (Å²) in [6, 6.07) is 6.54. The molecule has 0 aliphatic heterocycles. The van der Waals surface area contributed by atoms with Crippen LogP contribution < -0.4 is 11.1 Å². The number of hydrogen-bond donors (Lipinski definition) is 2. The van der Waals surface area contributed by atoms with Gasteiger partial charge in [0.05, 0.1) is 5.92 Å². The summed E-state index contributed by atoms with van der Waals surface area (Å²) in [4.78, 5) is 12.0. The van der Waals surface area contributed by atoms with Crippen LogP contribution in [-0.4, -0.2) is 12.1 Å². The van der Waals surface area contributed by atoms with E-state index in [9.17, 15) is 18.0 Å². The highest BCUT2D eigenvalue weighted by molar-refractivity contribution is 5.92. The van der Waals surface area contributed by atoms with Crippen LogP contribution in [0.3, 0.4) is 0 Å². The molecule has 2 atom stereocenters. The van der Waals surface area contributed by atoms with E-state index in [1.165, 1.54) is 0 Å². The second kappa shape index (κ2) is 5.73. The van der Waals surface area contributed by atoms with Crippen molar-refractivity contribution in [1.82, 2.24) is 0 Å². The highest BCUT2D eigenvalue weighted by Gasteiger charge is 2.43. The highest BCUT2D eigenvalue weighted by atomic mass is 19.4. The molecule has 0 aromatic heterocycles. The van der Waals surface area contributed by atoms with Crippen molar-refractivity contribution in [2.45, 2.75) is 31.9 Å². The van der Waals surface area contributed by atoms with Gasteiger partial charge in [-0.15, -0.1) is 0 Å². The Kier molecular flexibility index (Phi) is 4.20. The molecule has 1 aromatic rings. The van der Waals surface area contributed by atoms with Crippen LogP contribution in [0.4, 0.5) is 24.5 Å². The number of halogens is 3. The van der Waals surface area contributed by atoms with E-state index in [1.54, 1.807) is 24.3 Å². The molecule has 3 N–H and O–H groups in total. The molecular weight excluding hydrogens is 269 g/mol. The first-order chi connectivity index (χ1) is 9.36. The number of nitrogens with two attached hydrogens (primary N) is 1. The monoisotopic (exact) mass is 286 g/mol. The lowest BCUT2D eigenvalue weighted by Gasteiger charge is -2.29. The van der Waals surface area contributed by atoms with E-state index in [0.717, 1.165) is 0 Å². The van der Waals surface area contributed by atoms with Gasteiger partial charge in [0.15, 0.2) is 0 Å². The molecule has 0 bridgehead atoms. The number of benzene rings is 1. The molecular formula is C14H17F3N2O. The number of nitrogen functional groups attached to an aromatic ring is 1. The number of nitrogens with one attached hydrogen (secondary N) is 1. The molecule has 0 saturated heterocycles. The summed E-state index contributed by atoms with van der Waals surface area (Å²) >= 11 is 0. The largest absolute Gasteiger partial charge is 0.399 e. The van der Waals surface area contributed by atoms with Crippen LogP contribution in [0, 0.1) is 11.8 Å². The molecule has 110 valence electrons. The number of anilines is 2. The number of carbonyl (C=O) groups excluding carboxylic acids is 1. The summed E-state index contributed by atoms with van der Waals surface area (Å²) in [6.07, 6.45) is -3.27. The van der Waals surface area contributed by atoms with Gasteiger partial charge in [0.1, 0.15) is 0 Å². The average molecular weight is 286 g/mol. The zero-order valence-corrected chi connectivity index (χ0v) is 10.9. The maximum Gasteiger partial charge on any atom is 0.391 e. The first kappa shape index (κ1) is 14.7. The third-order valence-electron chi connectivity index (χ3n) is 3.69. The maximum absolute atomic E-state index is 12.7. The zero-order chi connectivity index (χ0) is 14.8. The Bertz CT molecular complexity index is 470. The molecule has 1 aliphatic carbocycles. The van der Waals surface area contributed by atoms with Crippen LogP contribution in [0.15, 0.2) is 24.3 Å². The van der Waals surface area contributed by atoms with Gasteiger partial charge in [-0.05, 0) is 43.5 Å². The maximum atomic E-state index is 12.7. The molecule has 2 rings (SSSR count). The van der Waals surface area contributed by atoms with Gasteiger partial charge in [-0.1, -0.05) is 6.42 Å². The first-order valence-electron chi connectivity index (χ1n) is 6.59. The van der Waals surface area contributed by atoms with Crippen LogP contribution in [-0.2, 0) is 4.79 Å². The van der Waals surface area contributed by atoms with Crippen molar-refractivity contribution in [3.8, 4) is 0 Å². The number of alkyl halides is 3. The lowest BCUT2D eigenvalue weighted by molar-refractivity contribution is -0.185. The van der Waals surface area contributed by atoms with E-state index >= 15 is 0 Å². The van der Waals surface area contributed by atoms with Crippen molar-refractivity contribution in [2.24, 2.45) is 11.8 Å². The van der Waals surface area contributed by atoms with Crippen molar-refractivity contribution in [2.75, 3.05) is 11.1 Å². The normalized spacial score (nSPS) is 23.4. The molecule has 3 nitrogen and oxygen atoms in total. The fourth-order valence-electron chi connectivity index (χ4n) is 2.54. The second-order valence-corrected chi connectivity index (χ2v) is 5.21. The van der Waals surface area contributed by atoms with Gasteiger partial charge in [0.2, 0.25) is 5.91 Å². The standard InChI is InChI=1S/C14H17F3N2O/c15-14(16,17)10-3-1-2-9(8-10)13(20)19-12-6-4-11(18)5-7-12/h4-7,9-10H,1-3,8,18H2,(H,19,20). The van der Waals surface area contributed by atoms with E-state index in [-0.39, 0.29) is 18.7 Å². The van der Waals surface area contributed by atoms with E-state index in [0.29, 0.717) is 24.2 Å². The lowest BCUT2D eigenvalue weighted by Crippen LogP contribution is -2.34. The summed E-state index contributed by atoms with van der Waals surface area (Å²) in [5.41, 5.74) is 6.65. The molecule has 1 amide bonds. The van der Waals surface area contributed by atoms with Gasteiger partial charge < -0.3 is 11.1 Å². The smallest absolute Gasteiger partial charge is 0.391 e. The molecule has 0 heterocycles. The van der Waals surface area contributed by atoms with Gasteiger partial charge >= 0.3 is 6.18 Å². The minimum absolute atomic E-state index is 0.120. The number of amides is 1. The summed E-state index contributed by atoms with van der Waals surface area (Å²) < 4.78 is 38.1. The first-order valence-corrected chi connectivity index (χ1v) is 6.59. The van der Waals surface area contributed by atoms with Gasteiger partial charge in [-0.2, -0.15) is 13.2 Å². The van der Waals surface area contributed by atoms with E-state index in [2.05, 4.69) is 5.32 Å². The Hall–Kier alpha value is -1.72. The van der Waals surface area contributed by atoms with Crippen molar-refractivity contribution in [3.63, 3.8) is 0 Å². The van der Waals surface area contributed by atoms with Crippen molar-refractivity contribution in [1.29, 1.82) is 0 Å². The molecule has 1 fully saturated rings. The third-order valence-corrected chi connectivity index (χ3v) is 3.69. The van der Waals surface area contributed by atoms with Gasteiger partial charge in [-0.25, -0.2) is 0 Å². The molecule has 1 aliphatic rings. The topological polar surface area (TPSA) is 55.1 Å². The summed E-state index contributed by atoms with van der Waals surface area (Å²) in [5, 5.41) is 2.65. The average Bonchev–Trinajstić information content (AvgIpc) is 2.40. The molecule has 2 unspecified atom stereocenters. The Morgan fingerprint density at radius 2 is 1.85 bits per heavy atom. The van der Waals surface area contributed by atoms with Gasteiger partial charge in [0, 0.05) is 17.3 Å². The van der Waals surface area contributed by atoms with E-state index in [4.69, 9.17) is 5.73 Å². The predicted octanol–water partition coefficient (Wildman–Crippen LogP) is 3.58. The second-order valence-electron chi connectivity index (χ2n) is 5.21. The van der Waals surface area contributed by atoms with Crippen LogP contribution in [0.5, 0.6) is 0 Å². The molecule has 0 radical (unpaired) electrons. The quantitative estimate of drug-likeness (QED) is 0.816. The van der Waals surface area contributed by atoms with Crippen molar-refractivity contribution >= 4 is 17.3 Å². The number of rotatable bonds is 2. The fourth-order valence-corrected chi connectivity index (χ4v) is 2.54. The Morgan fingerprint density at radius 3 is 2.45 bits per heavy atom. The van der Waals surface area contributed by atoms with Gasteiger partial charge in [0.25, 0.3) is 0 Å². The number of hydrogen-bond acceptors (Lipinski definition) is 2. The Labute approximate surface area is 115 Å². The summed E-state index contributed by atoms with van der Waals surface area (Å²) in [7, 11) is 0. The van der Waals surface area contributed by atoms with Crippen LogP contribution in [0.1, 0.15) is 25.7 Å². The predicted molar refractivity (Wildman–Crippen MR) is 71.0 cm³/mol. The van der Waals surface area contributed by atoms with Crippen LogP contribution in [0.25, 0.3) is 0 Å². The Morgan fingerprint density at radius 1 is 1.20 bits per heavy atom. The Balaban J connectivity index is 1.97. The van der Waals surface area contributed by atoms with Crippen molar-refractivity contribution in [3.05, 3.63) is 24.3 Å². The summed E-state index contributed by atoms with van der Waals surface area (Å²) in [6.45, 7) is 0. The molecule has 20 heavy (non-hydrogen) atoms. The van der Waals surface area contributed by atoms with E-state index in [1.807, 2.05) is 0 Å². The fraction of sp³-hybridized carbons (Fsp3) is 0.500. The number of carbonyl (C=O) groups is 1. The van der Waals surface area contributed by atoms with E-state index < -0.39 is 18.0 Å². The molecule has 0 spiro atoms. The molecule has 6 heteroatoms. The highest BCUT2D eigenvalue weighted by Crippen LogP contribution is 2.40. The minimum Gasteiger partial charge on any atom is -0.399 e. The molecule has 1 aromatic carbocycles. The van der Waals surface area contributed by atoms with Crippen LogP contribution in [0.2, 0.25) is 0 Å². The lowest BCUT2D eigenvalue weighted by atomic mass is 9.80. The molecule has 1 saturated carbocycles. The van der Waals surface area contributed by atoms with Gasteiger partial charge in [-0.3, -0.25) is 4.79 Å². The third kappa shape index (κ3) is 3.65. The van der Waals surface area contributed by atoms with Crippen molar-refractivity contribution < 1.29 is 18.0 Å². The zero-order valence-electron chi connectivity index (χ0n) is 10.9. The SMILES string of the molecule is Nc1ccc(NC(=O)C2CCCC(C(F)(F)F)C2)cc1. The minimum atomic E-state index is -4.21. The van der Waals surface area contributed by atoms with Crippen LogP contribution >= 0.6 is 0 Å². The summed E-state index contributed by atoms with van der Waals surface area (Å²) in [5.74, 6) is -2.28.